The van der Waals surface area contributed by atoms with Gasteiger partial charge >= 0.3 is 5.97 Å². The molecule has 0 aromatic heterocycles. The number of hydrogen-bond donors (Lipinski definition) is 0. The highest BCUT2D eigenvalue weighted by atomic mass is 19.1. The first-order valence-corrected chi connectivity index (χ1v) is 8.41. The summed E-state index contributed by atoms with van der Waals surface area (Å²) in [4.78, 5) is 18.4. The van der Waals surface area contributed by atoms with E-state index in [0.29, 0.717) is 0 Å². The Kier molecular flexibility index (Phi) is 4.50. The van der Waals surface area contributed by atoms with E-state index in [9.17, 15) is 9.18 Å². The highest BCUT2D eigenvalue weighted by Crippen LogP contribution is 2.22. The van der Waals surface area contributed by atoms with Gasteiger partial charge in [0.1, 0.15) is 5.82 Å². The average Bonchev–Trinajstić information content (AvgIpc) is 3.04. The van der Waals surface area contributed by atoms with Gasteiger partial charge in [-0.2, -0.15) is 0 Å². The molecule has 0 radical (unpaired) electrons. The topological polar surface area (TPSA) is 51.1 Å². The zero-order chi connectivity index (χ0) is 17.9. The quantitative estimate of drug-likeness (QED) is 0.629. The molecule has 2 aliphatic rings. The Bertz CT molecular complexity index is 884. The Morgan fingerprint density at radius 1 is 1.04 bits per heavy atom. The third-order valence-electron chi connectivity index (χ3n) is 4.30. The van der Waals surface area contributed by atoms with Crippen LogP contribution in [0.4, 0.5) is 10.1 Å². The van der Waals surface area contributed by atoms with Gasteiger partial charge in [0.2, 0.25) is 5.90 Å². The largest absolute Gasteiger partial charge is 0.402 e. The van der Waals surface area contributed by atoms with Crippen molar-refractivity contribution in [2.75, 3.05) is 31.2 Å². The van der Waals surface area contributed by atoms with E-state index >= 15 is 0 Å². The van der Waals surface area contributed by atoms with E-state index in [4.69, 9.17) is 9.47 Å². The summed E-state index contributed by atoms with van der Waals surface area (Å²) >= 11 is 0. The van der Waals surface area contributed by atoms with E-state index in [0.717, 1.165) is 37.6 Å². The van der Waals surface area contributed by atoms with Gasteiger partial charge in [0, 0.05) is 18.8 Å². The van der Waals surface area contributed by atoms with Crippen molar-refractivity contribution in [3.05, 3.63) is 71.2 Å². The fourth-order valence-electron chi connectivity index (χ4n) is 2.92. The molecule has 0 saturated carbocycles. The van der Waals surface area contributed by atoms with Crippen LogP contribution in [0.1, 0.15) is 11.1 Å². The van der Waals surface area contributed by atoms with Crippen LogP contribution in [-0.4, -0.2) is 38.2 Å². The number of carbonyl (C=O) groups is 1. The predicted octanol–water partition coefficient (Wildman–Crippen LogP) is 3.01. The smallest absolute Gasteiger partial charge is 0.363 e. The number of benzene rings is 2. The summed E-state index contributed by atoms with van der Waals surface area (Å²) in [5.74, 6) is -1.07. The number of halogens is 1. The van der Waals surface area contributed by atoms with Gasteiger partial charge in [-0.15, -0.1) is 0 Å². The molecule has 0 bridgehead atoms. The second-order valence-corrected chi connectivity index (χ2v) is 6.01. The fourth-order valence-corrected chi connectivity index (χ4v) is 2.92. The number of rotatable bonds is 3. The maximum absolute atomic E-state index is 13.8. The Morgan fingerprint density at radius 3 is 2.50 bits per heavy atom. The summed E-state index contributed by atoms with van der Waals surface area (Å²) in [6, 6.07) is 13.9. The van der Waals surface area contributed by atoms with E-state index in [1.54, 1.807) is 18.2 Å². The van der Waals surface area contributed by atoms with Gasteiger partial charge in [0.05, 0.1) is 18.8 Å². The minimum absolute atomic E-state index is 0.00992. The van der Waals surface area contributed by atoms with Crippen LogP contribution in [0.5, 0.6) is 0 Å². The van der Waals surface area contributed by atoms with Crippen LogP contribution in [0.3, 0.4) is 0 Å². The van der Waals surface area contributed by atoms with Crippen LogP contribution in [0, 0.1) is 5.82 Å². The minimum atomic E-state index is -0.583. The third kappa shape index (κ3) is 3.36. The van der Waals surface area contributed by atoms with Gasteiger partial charge in [-0.25, -0.2) is 14.2 Å². The summed E-state index contributed by atoms with van der Waals surface area (Å²) in [6.07, 6.45) is 1.64. The summed E-state index contributed by atoms with van der Waals surface area (Å²) in [5.41, 5.74) is 2.27. The SMILES string of the molecule is O=C1OC(c2ccccc2F)=N/C1=C\c1ccc(N2CCOCC2)cc1. The van der Waals surface area contributed by atoms with Crippen molar-refractivity contribution in [3.8, 4) is 0 Å². The standard InChI is InChI=1S/C20H17FN2O3/c21-17-4-2-1-3-16(17)19-22-18(20(24)26-19)13-14-5-7-15(8-6-14)23-9-11-25-12-10-23/h1-8,13H,9-12H2/b18-13-. The van der Waals surface area contributed by atoms with Crippen molar-refractivity contribution in [2.45, 2.75) is 0 Å². The van der Waals surface area contributed by atoms with E-state index in [2.05, 4.69) is 9.89 Å². The van der Waals surface area contributed by atoms with Crippen LogP contribution >= 0.6 is 0 Å². The molecule has 2 aliphatic heterocycles. The molecule has 2 heterocycles. The molecule has 0 amide bonds. The number of carbonyl (C=O) groups excluding carboxylic acids is 1. The highest BCUT2D eigenvalue weighted by Gasteiger charge is 2.25. The number of aliphatic imine (C=N–C) groups is 1. The van der Waals surface area contributed by atoms with Crippen molar-refractivity contribution in [3.63, 3.8) is 0 Å². The third-order valence-corrected chi connectivity index (χ3v) is 4.30. The Morgan fingerprint density at radius 2 is 1.77 bits per heavy atom. The van der Waals surface area contributed by atoms with Crippen LogP contribution in [0.15, 0.2) is 59.2 Å². The van der Waals surface area contributed by atoms with E-state index in [1.165, 1.54) is 12.1 Å². The molecule has 0 spiro atoms. The molecule has 1 fully saturated rings. The van der Waals surface area contributed by atoms with E-state index in [1.807, 2.05) is 24.3 Å². The van der Waals surface area contributed by atoms with Crippen LogP contribution in [0.2, 0.25) is 0 Å². The number of nitrogens with zero attached hydrogens (tertiary/aromatic N) is 2. The zero-order valence-electron chi connectivity index (χ0n) is 14.0. The molecular weight excluding hydrogens is 335 g/mol. The second-order valence-electron chi connectivity index (χ2n) is 6.01. The lowest BCUT2D eigenvalue weighted by Crippen LogP contribution is -2.36. The number of cyclic esters (lactones) is 1. The molecule has 0 N–H and O–H groups in total. The van der Waals surface area contributed by atoms with Gasteiger partial charge < -0.3 is 14.4 Å². The summed E-state index contributed by atoms with van der Waals surface area (Å²) in [5, 5.41) is 0. The monoisotopic (exact) mass is 352 g/mol. The molecule has 0 aliphatic carbocycles. The molecule has 132 valence electrons. The van der Waals surface area contributed by atoms with Gasteiger partial charge in [-0.3, -0.25) is 0 Å². The number of ether oxygens (including phenoxy) is 2. The zero-order valence-corrected chi connectivity index (χ0v) is 14.0. The molecule has 0 unspecified atom stereocenters. The van der Waals surface area contributed by atoms with Crippen LogP contribution in [0.25, 0.3) is 6.08 Å². The van der Waals surface area contributed by atoms with Gasteiger partial charge in [-0.05, 0) is 35.9 Å². The minimum Gasteiger partial charge on any atom is -0.402 e. The second kappa shape index (κ2) is 7.09. The summed E-state index contributed by atoms with van der Waals surface area (Å²) in [7, 11) is 0. The summed E-state index contributed by atoms with van der Waals surface area (Å²) < 4.78 is 24.3. The lowest BCUT2D eigenvalue weighted by atomic mass is 10.1. The number of anilines is 1. The highest BCUT2D eigenvalue weighted by molar-refractivity contribution is 6.12. The molecule has 26 heavy (non-hydrogen) atoms. The van der Waals surface area contributed by atoms with Gasteiger partial charge in [0.25, 0.3) is 0 Å². The molecule has 6 heteroatoms. The van der Waals surface area contributed by atoms with E-state index in [-0.39, 0.29) is 17.2 Å². The van der Waals surface area contributed by atoms with Crippen LogP contribution < -0.4 is 4.90 Å². The van der Waals surface area contributed by atoms with Crippen molar-refractivity contribution in [1.82, 2.24) is 0 Å². The lowest BCUT2D eigenvalue weighted by molar-refractivity contribution is -0.129. The molecular formula is C20H17FN2O3. The Balaban J connectivity index is 1.56. The number of esters is 1. The predicted molar refractivity (Wildman–Crippen MR) is 96.5 cm³/mol. The maximum atomic E-state index is 13.8. The van der Waals surface area contributed by atoms with Gasteiger partial charge in [-0.1, -0.05) is 24.3 Å². The fraction of sp³-hybridized carbons (Fsp3) is 0.200. The van der Waals surface area contributed by atoms with Crippen molar-refractivity contribution in [1.29, 1.82) is 0 Å². The van der Waals surface area contributed by atoms with Crippen LogP contribution in [-0.2, 0) is 14.3 Å². The normalized spacial score (nSPS) is 18.8. The lowest BCUT2D eigenvalue weighted by Gasteiger charge is -2.28. The molecule has 4 rings (SSSR count). The van der Waals surface area contributed by atoms with Gasteiger partial charge in [0.15, 0.2) is 5.70 Å². The molecule has 2 aromatic rings. The number of hydrogen-bond acceptors (Lipinski definition) is 5. The first-order chi connectivity index (χ1) is 12.7. The first-order valence-electron chi connectivity index (χ1n) is 8.41. The summed E-state index contributed by atoms with van der Waals surface area (Å²) in [6.45, 7) is 3.18. The van der Waals surface area contributed by atoms with Crippen molar-refractivity contribution < 1.29 is 18.7 Å². The molecule has 1 saturated heterocycles. The molecule has 5 nitrogen and oxygen atoms in total. The van der Waals surface area contributed by atoms with E-state index < -0.39 is 11.8 Å². The number of morpholine rings is 1. The van der Waals surface area contributed by atoms with Crippen molar-refractivity contribution in [2.24, 2.45) is 4.99 Å². The Hall–Kier alpha value is -2.99. The van der Waals surface area contributed by atoms with Crippen molar-refractivity contribution >= 4 is 23.6 Å². The molecule has 0 atom stereocenters. The maximum Gasteiger partial charge on any atom is 0.363 e. The average molecular weight is 352 g/mol. The Labute approximate surface area is 150 Å². The first kappa shape index (κ1) is 16.5. The molecule has 2 aromatic carbocycles.